The highest BCUT2D eigenvalue weighted by molar-refractivity contribution is 7.59. The van der Waals surface area contributed by atoms with Crippen molar-refractivity contribution in [3.8, 4) is 0 Å². The minimum atomic E-state index is -1.89. The van der Waals surface area contributed by atoms with Crippen LogP contribution in [0.4, 0.5) is 0 Å². The van der Waals surface area contributed by atoms with Crippen LogP contribution in [0.3, 0.4) is 0 Å². The summed E-state index contributed by atoms with van der Waals surface area (Å²) in [6, 6.07) is 8.50. The predicted octanol–water partition coefficient (Wildman–Crippen LogP) is -0.0441. The smallest absolute Gasteiger partial charge is 0.371 e. The van der Waals surface area contributed by atoms with Gasteiger partial charge < -0.3 is 10.00 Å². The van der Waals surface area contributed by atoms with E-state index in [4.69, 9.17) is 5.11 Å². The van der Waals surface area contributed by atoms with Gasteiger partial charge in [-0.25, -0.2) is 4.79 Å². The van der Waals surface area contributed by atoms with Gasteiger partial charge in [-0.05, 0) is 12.1 Å². The van der Waals surface area contributed by atoms with Gasteiger partial charge in [0.2, 0.25) is 0 Å². The molecule has 0 amide bonds. The maximum atomic E-state index is 11.2. The maximum absolute atomic E-state index is 11.2. The van der Waals surface area contributed by atoms with E-state index in [-0.39, 0.29) is 0 Å². The minimum Gasteiger partial charge on any atom is -0.626 e. The third kappa shape index (κ3) is 2.46. The average molecular weight is 182 g/mol. The Morgan fingerprint density at radius 2 is 2.00 bits per heavy atom. The van der Waals surface area contributed by atoms with Crippen LogP contribution in [0.1, 0.15) is 0 Å². The summed E-state index contributed by atoms with van der Waals surface area (Å²) in [5.41, 5.74) is 0. The zero-order valence-corrected chi connectivity index (χ0v) is 7.07. The van der Waals surface area contributed by atoms with Crippen molar-refractivity contribution in [1.29, 1.82) is 0 Å². The van der Waals surface area contributed by atoms with Crippen molar-refractivity contribution in [3.05, 3.63) is 30.3 Å². The molecule has 0 heterocycles. The third-order valence-electron chi connectivity index (χ3n) is 1.24. The van der Waals surface area contributed by atoms with Crippen LogP contribution in [0, 0.1) is 0 Å². The molecule has 1 atom stereocenters. The second kappa shape index (κ2) is 4.00. The van der Waals surface area contributed by atoms with E-state index in [0.717, 1.165) is 5.80 Å². The largest absolute Gasteiger partial charge is 0.626 e. The lowest BCUT2D eigenvalue weighted by atomic mass is 10.4. The van der Waals surface area contributed by atoms with Crippen molar-refractivity contribution in [2.24, 2.45) is 0 Å². The van der Waals surface area contributed by atoms with E-state index in [9.17, 15) is 9.69 Å². The summed E-state index contributed by atoms with van der Waals surface area (Å²) in [7, 11) is -1.89. The van der Waals surface area contributed by atoms with Gasteiger partial charge >= 0.3 is 5.97 Å². The highest BCUT2D eigenvalue weighted by Crippen LogP contribution is 2.07. The van der Waals surface area contributed by atoms with Gasteiger partial charge in [-0.3, -0.25) is 0 Å². The molecule has 0 saturated heterocycles. The monoisotopic (exact) mass is 182 g/mol. The standard InChI is InChI=1S/C8H7O3P/c9-8(10)6-12(11)7-4-2-1-3-5-7/h1-6H,(H,9,10). The molecule has 1 aromatic carbocycles. The Morgan fingerprint density at radius 1 is 1.42 bits per heavy atom. The van der Waals surface area contributed by atoms with Crippen LogP contribution in [-0.2, 0) is 4.79 Å². The summed E-state index contributed by atoms with van der Waals surface area (Å²) in [6.45, 7) is 0. The molecular formula is C8H7O3P. The van der Waals surface area contributed by atoms with Crippen LogP contribution in [0.5, 0.6) is 0 Å². The second-order valence-electron chi connectivity index (χ2n) is 2.13. The average Bonchev–Trinajstić information content (AvgIpc) is 2.05. The Labute approximate surface area is 70.8 Å². The van der Waals surface area contributed by atoms with Gasteiger partial charge in [0.1, 0.15) is 5.30 Å². The van der Waals surface area contributed by atoms with E-state index in [2.05, 4.69) is 0 Å². The number of rotatable bonds is 2. The lowest BCUT2D eigenvalue weighted by Crippen LogP contribution is -2.09. The fourth-order valence-electron chi connectivity index (χ4n) is 0.750. The van der Waals surface area contributed by atoms with Crippen molar-refractivity contribution in [1.82, 2.24) is 0 Å². The molecule has 1 N–H and O–H groups in total. The van der Waals surface area contributed by atoms with Gasteiger partial charge in [0.05, 0.1) is 7.77 Å². The zero-order valence-electron chi connectivity index (χ0n) is 6.18. The molecule has 0 saturated carbocycles. The molecule has 0 aliphatic heterocycles. The number of benzene rings is 1. The third-order valence-corrected chi connectivity index (χ3v) is 2.50. The highest BCUT2D eigenvalue weighted by atomic mass is 31.1. The molecular weight excluding hydrogens is 175 g/mol. The molecule has 0 spiro atoms. The first kappa shape index (κ1) is 8.91. The SMILES string of the molecule is O=C(O)C=[P+]([O-])c1ccccc1. The van der Waals surface area contributed by atoms with E-state index in [1.54, 1.807) is 30.3 Å². The summed E-state index contributed by atoms with van der Waals surface area (Å²) in [4.78, 5) is 21.3. The molecule has 0 aliphatic carbocycles. The Bertz CT molecular complexity index is 305. The highest BCUT2D eigenvalue weighted by Gasteiger charge is 2.03. The van der Waals surface area contributed by atoms with E-state index in [1.807, 2.05) is 0 Å². The van der Waals surface area contributed by atoms with Crippen molar-refractivity contribution in [2.45, 2.75) is 0 Å². The summed E-state index contributed by atoms with van der Waals surface area (Å²) in [5, 5.41) is 8.84. The van der Waals surface area contributed by atoms with Gasteiger partial charge in [-0.1, -0.05) is 18.2 Å². The number of carboxylic acids is 1. The topological polar surface area (TPSA) is 60.4 Å². The van der Waals surface area contributed by atoms with E-state index >= 15 is 0 Å². The minimum absolute atomic E-state index is 0.537. The second-order valence-corrected chi connectivity index (χ2v) is 3.55. The molecule has 12 heavy (non-hydrogen) atoms. The molecule has 0 aromatic heterocycles. The molecule has 0 aliphatic rings. The first-order chi connectivity index (χ1) is 5.70. The number of hydrogen-bond donors (Lipinski definition) is 1. The Kier molecular flexibility index (Phi) is 2.97. The molecule has 1 aromatic rings. The van der Waals surface area contributed by atoms with Crippen LogP contribution in [-0.4, -0.2) is 16.9 Å². The van der Waals surface area contributed by atoms with Crippen molar-refractivity contribution < 1.29 is 14.8 Å². The molecule has 0 bridgehead atoms. The Morgan fingerprint density at radius 3 is 2.50 bits per heavy atom. The van der Waals surface area contributed by atoms with Crippen molar-refractivity contribution >= 4 is 24.8 Å². The Hall–Kier alpha value is -1.18. The van der Waals surface area contributed by atoms with Gasteiger partial charge in [0.25, 0.3) is 0 Å². The summed E-state index contributed by atoms with van der Waals surface area (Å²) >= 11 is 0. The van der Waals surface area contributed by atoms with E-state index in [1.165, 1.54) is 0 Å². The van der Waals surface area contributed by atoms with E-state index in [0.29, 0.717) is 5.30 Å². The van der Waals surface area contributed by atoms with Crippen LogP contribution < -0.4 is 10.2 Å². The van der Waals surface area contributed by atoms with Gasteiger partial charge in [-0.15, -0.1) is 0 Å². The number of carbonyl (C=O) groups is 1. The van der Waals surface area contributed by atoms with Crippen LogP contribution in [0.25, 0.3) is 0 Å². The number of carboxylic acid groups (broad SMARTS) is 1. The molecule has 4 heteroatoms. The summed E-state index contributed by atoms with van der Waals surface area (Å²) < 4.78 is 0. The molecule has 1 unspecified atom stereocenters. The quantitative estimate of drug-likeness (QED) is 0.652. The molecule has 62 valence electrons. The van der Waals surface area contributed by atoms with Crippen molar-refractivity contribution in [3.63, 3.8) is 0 Å². The zero-order chi connectivity index (χ0) is 8.97. The van der Waals surface area contributed by atoms with Crippen LogP contribution in [0.15, 0.2) is 30.3 Å². The van der Waals surface area contributed by atoms with Crippen LogP contribution in [0.2, 0.25) is 0 Å². The fourth-order valence-corrected chi connectivity index (χ4v) is 1.57. The lowest BCUT2D eigenvalue weighted by Gasteiger charge is -1.94. The van der Waals surface area contributed by atoms with Gasteiger partial charge in [0.15, 0.2) is 5.80 Å². The first-order valence-corrected chi connectivity index (χ1v) is 4.62. The van der Waals surface area contributed by atoms with Crippen LogP contribution >= 0.6 is 7.77 Å². The lowest BCUT2D eigenvalue weighted by molar-refractivity contribution is -0.149. The van der Waals surface area contributed by atoms with Gasteiger partial charge in [0, 0.05) is 0 Å². The Balaban J connectivity index is 2.93. The predicted molar refractivity (Wildman–Crippen MR) is 46.7 cm³/mol. The number of aliphatic carboxylic acids is 1. The van der Waals surface area contributed by atoms with E-state index < -0.39 is 13.7 Å². The van der Waals surface area contributed by atoms with Gasteiger partial charge in [-0.2, -0.15) is 0 Å². The number of hydrogen-bond acceptors (Lipinski definition) is 2. The first-order valence-electron chi connectivity index (χ1n) is 3.29. The summed E-state index contributed by atoms with van der Waals surface area (Å²) in [6.07, 6.45) is 0. The molecule has 0 radical (unpaired) electrons. The molecule has 3 nitrogen and oxygen atoms in total. The molecule has 1 rings (SSSR count). The normalized spacial score (nSPS) is 11.2. The maximum Gasteiger partial charge on any atom is 0.371 e. The summed E-state index contributed by atoms with van der Waals surface area (Å²) in [5.74, 6) is -0.357. The molecule has 0 fully saturated rings. The van der Waals surface area contributed by atoms with Crippen molar-refractivity contribution in [2.75, 3.05) is 0 Å². The fraction of sp³-hybridized carbons (Fsp3) is 0.